The summed E-state index contributed by atoms with van der Waals surface area (Å²) in [4.78, 5) is 4.08. The quantitative estimate of drug-likeness (QED) is 0.899. The highest BCUT2D eigenvalue weighted by atomic mass is 19.1. The van der Waals surface area contributed by atoms with Crippen molar-refractivity contribution in [2.75, 3.05) is 7.11 Å². The maximum atomic E-state index is 13.8. The number of halogens is 1. The molecule has 0 unspecified atom stereocenters. The molecule has 0 spiro atoms. The third kappa shape index (κ3) is 3.08. The normalized spacial score (nSPS) is 12.4. The molecule has 1 heterocycles. The van der Waals surface area contributed by atoms with Crippen LogP contribution in [-0.4, -0.2) is 17.3 Å². The molecule has 0 aliphatic carbocycles. The molecule has 0 fully saturated rings. The van der Waals surface area contributed by atoms with E-state index in [1.54, 1.807) is 19.1 Å². The van der Waals surface area contributed by atoms with Crippen LogP contribution in [0.25, 0.3) is 0 Å². The SMILES string of the molecule is COc1cccc(F)c1[C@H](C)NCc1noc(C)n1. The minimum Gasteiger partial charge on any atom is -0.496 e. The van der Waals surface area contributed by atoms with Crippen molar-refractivity contribution in [1.29, 1.82) is 0 Å². The molecule has 2 rings (SSSR count). The Morgan fingerprint density at radius 1 is 1.47 bits per heavy atom. The number of nitrogens with one attached hydrogen (secondary N) is 1. The zero-order chi connectivity index (χ0) is 13.8. The lowest BCUT2D eigenvalue weighted by Gasteiger charge is -2.17. The van der Waals surface area contributed by atoms with E-state index in [0.29, 0.717) is 29.6 Å². The number of aryl methyl sites for hydroxylation is 1. The second-order valence-electron chi connectivity index (χ2n) is 4.19. The molecule has 0 saturated heterocycles. The molecular formula is C13H16FN3O2. The third-order valence-corrected chi connectivity index (χ3v) is 2.80. The summed E-state index contributed by atoms with van der Waals surface area (Å²) in [7, 11) is 1.52. The second kappa shape index (κ2) is 5.79. The molecule has 0 radical (unpaired) electrons. The minimum atomic E-state index is -0.302. The molecule has 0 bridgehead atoms. The van der Waals surface area contributed by atoms with Gasteiger partial charge in [-0.2, -0.15) is 4.98 Å². The van der Waals surface area contributed by atoms with E-state index in [9.17, 15) is 4.39 Å². The number of rotatable bonds is 5. The predicted molar refractivity (Wildman–Crippen MR) is 67.2 cm³/mol. The van der Waals surface area contributed by atoms with E-state index in [-0.39, 0.29) is 11.9 Å². The van der Waals surface area contributed by atoms with Crippen molar-refractivity contribution in [3.05, 3.63) is 41.3 Å². The van der Waals surface area contributed by atoms with Crippen LogP contribution in [0.3, 0.4) is 0 Å². The van der Waals surface area contributed by atoms with E-state index in [1.807, 2.05) is 6.92 Å². The summed E-state index contributed by atoms with van der Waals surface area (Å²) in [6, 6.07) is 4.53. The van der Waals surface area contributed by atoms with Crippen LogP contribution in [0.5, 0.6) is 5.75 Å². The lowest BCUT2D eigenvalue weighted by molar-refractivity contribution is 0.380. The first-order valence-corrected chi connectivity index (χ1v) is 5.96. The largest absolute Gasteiger partial charge is 0.496 e. The maximum absolute atomic E-state index is 13.8. The standard InChI is InChI=1S/C13H16FN3O2/c1-8(15-7-12-16-9(2)19-17-12)13-10(14)5-4-6-11(13)18-3/h4-6,8,15H,7H2,1-3H3/t8-/m0/s1. The van der Waals surface area contributed by atoms with Crippen molar-refractivity contribution in [1.82, 2.24) is 15.5 Å². The van der Waals surface area contributed by atoms with Gasteiger partial charge in [-0.15, -0.1) is 0 Å². The van der Waals surface area contributed by atoms with Crippen molar-refractivity contribution in [2.24, 2.45) is 0 Å². The van der Waals surface area contributed by atoms with Crippen molar-refractivity contribution in [3.63, 3.8) is 0 Å². The van der Waals surface area contributed by atoms with Crippen LogP contribution in [0.15, 0.2) is 22.7 Å². The minimum absolute atomic E-state index is 0.227. The van der Waals surface area contributed by atoms with Gasteiger partial charge in [0.2, 0.25) is 5.89 Å². The molecular weight excluding hydrogens is 249 g/mol. The van der Waals surface area contributed by atoms with Gasteiger partial charge in [0.25, 0.3) is 0 Å². The fourth-order valence-corrected chi connectivity index (χ4v) is 1.88. The Kier molecular flexibility index (Phi) is 4.11. The fraction of sp³-hybridized carbons (Fsp3) is 0.385. The van der Waals surface area contributed by atoms with Crippen molar-refractivity contribution >= 4 is 0 Å². The van der Waals surface area contributed by atoms with Gasteiger partial charge in [0.05, 0.1) is 13.7 Å². The number of benzene rings is 1. The molecule has 1 aromatic carbocycles. The Balaban J connectivity index is 2.09. The fourth-order valence-electron chi connectivity index (χ4n) is 1.88. The Bertz CT molecular complexity index is 557. The van der Waals surface area contributed by atoms with Gasteiger partial charge in [0.15, 0.2) is 5.82 Å². The Morgan fingerprint density at radius 3 is 2.89 bits per heavy atom. The Labute approximate surface area is 110 Å². The monoisotopic (exact) mass is 265 g/mol. The van der Waals surface area contributed by atoms with Crippen molar-refractivity contribution < 1.29 is 13.7 Å². The average Bonchev–Trinajstić information content (AvgIpc) is 2.81. The number of nitrogens with zero attached hydrogens (tertiary/aromatic N) is 2. The summed E-state index contributed by atoms with van der Waals surface area (Å²) in [6.07, 6.45) is 0. The molecule has 102 valence electrons. The smallest absolute Gasteiger partial charge is 0.223 e. The van der Waals surface area contributed by atoms with Gasteiger partial charge in [0.1, 0.15) is 11.6 Å². The van der Waals surface area contributed by atoms with Crippen LogP contribution in [-0.2, 0) is 6.54 Å². The summed E-state index contributed by atoms with van der Waals surface area (Å²) in [5, 5.41) is 6.91. The first-order chi connectivity index (χ1) is 9.11. The summed E-state index contributed by atoms with van der Waals surface area (Å²) >= 11 is 0. The highest BCUT2D eigenvalue weighted by molar-refractivity contribution is 5.36. The molecule has 6 heteroatoms. The van der Waals surface area contributed by atoms with Crippen LogP contribution in [0.1, 0.15) is 30.2 Å². The van der Waals surface area contributed by atoms with Gasteiger partial charge in [-0.3, -0.25) is 0 Å². The molecule has 0 saturated carbocycles. The summed E-state index contributed by atoms with van der Waals surface area (Å²) in [5.74, 6) is 1.26. The number of methoxy groups -OCH3 is 1. The van der Waals surface area contributed by atoms with E-state index in [2.05, 4.69) is 15.5 Å². The molecule has 2 aromatic rings. The average molecular weight is 265 g/mol. The molecule has 1 aromatic heterocycles. The van der Waals surface area contributed by atoms with E-state index >= 15 is 0 Å². The second-order valence-corrected chi connectivity index (χ2v) is 4.19. The van der Waals surface area contributed by atoms with E-state index in [0.717, 1.165) is 0 Å². The van der Waals surface area contributed by atoms with Crippen LogP contribution < -0.4 is 10.1 Å². The zero-order valence-electron chi connectivity index (χ0n) is 11.1. The van der Waals surface area contributed by atoms with E-state index in [1.165, 1.54) is 13.2 Å². The van der Waals surface area contributed by atoms with Gasteiger partial charge in [-0.1, -0.05) is 11.2 Å². The molecule has 0 amide bonds. The van der Waals surface area contributed by atoms with Gasteiger partial charge in [-0.05, 0) is 19.1 Å². The van der Waals surface area contributed by atoms with Gasteiger partial charge >= 0.3 is 0 Å². The van der Waals surface area contributed by atoms with Gasteiger partial charge in [-0.25, -0.2) is 4.39 Å². The Morgan fingerprint density at radius 2 is 2.26 bits per heavy atom. The molecule has 19 heavy (non-hydrogen) atoms. The molecule has 0 aliphatic rings. The molecule has 5 nitrogen and oxygen atoms in total. The number of hydrogen-bond acceptors (Lipinski definition) is 5. The van der Waals surface area contributed by atoms with Crippen LogP contribution >= 0.6 is 0 Å². The molecule has 1 atom stereocenters. The van der Waals surface area contributed by atoms with Gasteiger partial charge in [0, 0.05) is 18.5 Å². The summed E-state index contributed by atoms with van der Waals surface area (Å²) in [5.41, 5.74) is 0.491. The lowest BCUT2D eigenvalue weighted by Crippen LogP contribution is -2.20. The summed E-state index contributed by atoms with van der Waals surface area (Å²) < 4.78 is 23.9. The first-order valence-electron chi connectivity index (χ1n) is 5.96. The highest BCUT2D eigenvalue weighted by Gasteiger charge is 2.16. The third-order valence-electron chi connectivity index (χ3n) is 2.80. The van der Waals surface area contributed by atoms with Crippen LogP contribution in [0.4, 0.5) is 4.39 Å². The number of hydrogen-bond donors (Lipinski definition) is 1. The maximum Gasteiger partial charge on any atom is 0.223 e. The topological polar surface area (TPSA) is 60.2 Å². The predicted octanol–water partition coefficient (Wildman–Crippen LogP) is 2.38. The lowest BCUT2D eigenvalue weighted by atomic mass is 10.1. The van der Waals surface area contributed by atoms with E-state index < -0.39 is 0 Å². The van der Waals surface area contributed by atoms with Gasteiger partial charge < -0.3 is 14.6 Å². The van der Waals surface area contributed by atoms with Crippen LogP contribution in [0.2, 0.25) is 0 Å². The Hall–Kier alpha value is -1.95. The van der Waals surface area contributed by atoms with Crippen LogP contribution in [0, 0.1) is 12.7 Å². The first kappa shape index (κ1) is 13.5. The number of aromatic nitrogens is 2. The van der Waals surface area contributed by atoms with Crippen molar-refractivity contribution in [3.8, 4) is 5.75 Å². The summed E-state index contributed by atoms with van der Waals surface area (Å²) in [6.45, 7) is 3.98. The zero-order valence-corrected chi connectivity index (χ0v) is 11.1. The molecule has 1 N–H and O–H groups in total. The number of ether oxygens (including phenoxy) is 1. The highest BCUT2D eigenvalue weighted by Crippen LogP contribution is 2.27. The van der Waals surface area contributed by atoms with E-state index in [4.69, 9.17) is 9.26 Å². The van der Waals surface area contributed by atoms with Crippen molar-refractivity contribution in [2.45, 2.75) is 26.4 Å². The molecule has 0 aliphatic heterocycles.